The number of hydrogen-bond donors (Lipinski definition) is 1. The predicted molar refractivity (Wildman–Crippen MR) is 93.6 cm³/mol. The van der Waals surface area contributed by atoms with E-state index in [-0.39, 0.29) is 10.8 Å². The molecule has 1 N–H and O–H groups in total. The van der Waals surface area contributed by atoms with Gasteiger partial charge in [0.05, 0.1) is 11.4 Å². The Morgan fingerprint density at radius 2 is 1.75 bits per heavy atom. The molecule has 2 aromatic rings. The molecular weight excluding hydrogens is 324 g/mol. The van der Waals surface area contributed by atoms with E-state index in [2.05, 4.69) is 22.3 Å². The molecule has 0 fully saturated rings. The molecule has 0 aromatic heterocycles. The summed E-state index contributed by atoms with van der Waals surface area (Å²) in [6.45, 7) is 1.95. The second-order valence-corrected chi connectivity index (χ2v) is 8.09. The second-order valence-electron chi connectivity index (χ2n) is 6.07. The maximum absolute atomic E-state index is 12.2. The van der Waals surface area contributed by atoms with Gasteiger partial charge in [0.15, 0.2) is 9.84 Å². The maximum atomic E-state index is 12.2. The highest BCUT2D eigenvalue weighted by Gasteiger charge is 2.18. The minimum Gasteiger partial charge on any atom is -0.325 e. The molecule has 0 saturated heterocycles. The molecule has 2 aromatic carbocycles. The zero-order chi connectivity index (χ0) is 17.2. The maximum Gasteiger partial charge on any atom is 0.238 e. The van der Waals surface area contributed by atoms with E-state index in [4.69, 9.17) is 0 Å². The lowest BCUT2D eigenvalue weighted by molar-refractivity contribution is -0.117. The van der Waals surface area contributed by atoms with Crippen molar-refractivity contribution < 1.29 is 13.2 Å². The average Bonchev–Trinajstić information content (AvgIpc) is 2.54. The van der Waals surface area contributed by atoms with Crippen molar-refractivity contribution in [1.82, 2.24) is 4.90 Å². The third-order valence-corrected chi connectivity index (χ3v) is 5.27. The smallest absolute Gasteiger partial charge is 0.238 e. The summed E-state index contributed by atoms with van der Waals surface area (Å²) in [6.07, 6.45) is 2.11. The Hall–Kier alpha value is -2.18. The predicted octanol–water partition coefficient (Wildman–Crippen LogP) is 2.09. The molecule has 126 valence electrons. The summed E-state index contributed by atoms with van der Waals surface area (Å²) in [6, 6.07) is 14.5. The fourth-order valence-electron chi connectivity index (χ4n) is 2.88. The van der Waals surface area contributed by atoms with Crippen molar-refractivity contribution in [3.63, 3.8) is 0 Å². The molecule has 1 aliphatic heterocycles. The van der Waals surface area contributed by atoms with Gasteiger partial charge in [-0.15, -0.1) is 0 Å². The van der Waals surface area contributed by atoms with Crippen LogP contribution in [0.2, 0.25) is 0 Å². The number of sulfone groups is 1. The van der Waals surface area contributed by atoms with Crippen molar-refractivity contribution in [2.24, 2.45) is 0 Å². The van der Waals surface area contributed by atoms with Crippen LogP contribution in [0, 0.1) is 0 Å². The van der Waals surface area contributed by atoms with E-state index in [1.807, 2.05) is 12.1 Å². The van der Waals surface area contributed by atoms with Gasteiger partial charge in [0.25, 0.3) is 0 Å². The summed E-state index contributed by atoms with van der Waals surface area (Å²) in [4.78, 5) is 14.6. The molecule has 5 nitrogen and oxygen atoms in total. The van der Waals surface area contributed by atoms with Crippen LogP contribution in [0.1, 0.15) is 11.1 Å². The number of nitrogens with zero attached hydrogens (tertiary/aromatic N) is 1. The number of nitrogens with one attached hydrogen (secondary N) is 1. The summed E-state index contributed by atoms with van der Waals surface area (Å²) in [5.74, 6) is -0.0958. The first-order valence-corrected chi connectivity index (χ1v) is 9.70. The van der Waals surface area contributed by atoms with Crippen molar-refractivity contribution in [1.29, 1.82) is 0 Å². The summed E-state index contributed by atoms with van der Waals surface area (Å²) in [5, 5.41) is 2.82. The molecule has 0 bridgehead atoms. The van der Waals surface area contributed by atoms with Crippen LogP contribution in [0.4, 0.5) is 5.69 Å². The SMILES string of the molecule is CS(=O)(=O)c1ccc(NC(=O)CN2CCc3ccccc3C2)cc1. The topological polar surface area (TPSA) is 66.5 Å². The van der Waals surface area contributed by atoms with Gasteiger partial charge in [-0.1, -0.05) is 24.3 Å². The molecule has 1 amide bonds. The highest BCUT2D eigenvalue weighted by Crippen LogP contribution is 2.18. The lowest BCUT2D eigenvalue weighted by Gasteiger charge is -2.28. The normalized spacial score (nSPS) is 14.9. The first kappa shape index (κ1) is 16.7. The monoisotopic (exact) mass is 344 g/mol. The molecule has 0 aliphatic carbocycles. The molecular formula is C18H20N2O3S. The van der Waals surface area contributed by atoms with Crippen molar-refractivity contribution in [2.75, 3.05) is 24.7 Å². The number of carbonyl (C=O) groups is 1. The minimum absolute atomic E-state index is 0.0958. The van der Waals surface area contributed by atoms with Gasteiger partial charge >= 0.3 is 0 Å². The molecule has 0 atom stereocenters. The zero-order valence-corrected chi connectivity index (χ0v) is 14.3. The summed E-state index contributed by atoms with van der Waals surface area (Å²) in [7, 11) is -3.22. The fraction of sp³-hybridized carbons (Fsp3) is 0.278. The van der Waals surface area contributed by atoms with Crippen molar-refractivity contribution in [3.05, 3.63) is 59.7 Å². The van der Waals surface area contributed by atoms with Crippen LogP contribution in [-0.4, -0.2) is 38.6 Å². The molecule has 0 spiro atoms. The van der Waals surface area contributed by atoms with Gasteiger partial charge in [0.2, 0.25) is 5.91 Å². The highest BCUT2D eigenvalue weighted by atomic mass is 32.2. The molecule has 1 heterocycles. The van der Waals surface area contributed by atoms with E-state index in [1.54, 1.807) is 12.1 Å². The molecule has 6 heteroatoms. The van der Waals surface area contributed by atoms with Gasteiger partial charge in [-0.3, -0.25) is 9.69 Å². The van der Waals surface area contributed by atoms with Crippen molar-refractivity contribution >= 4 is 21.4 Å². The quantitative estimate of drug-likeness (QED) is 0.922. The Morgan fingerprint density at radius 3 is 2.42 bits per heavy atom. The van der Waals surface area contributed by atoms with E-state index in [0.717, 1.165) is 25.8 Å². The van der Waals surface area contributed by atoms with Crippen LogP contribution in [0.5, 0.6) is 0 Å². The lowest BCUT2D eigenvalue weighted by Crippen LogP contribution is -2.37. The first-order chi connectivity index (χ1) is 11.4. The number of amides is 1. The van der Waals surface area contributed by atoms with Gasteiger partial charge in [0.1, 0.15) is 0 Å². The Bertz CT molecular complexity index is 845. The van der Waals surface area contributed by atoms with E-state index in [1.165, 1.54) is 23.3 Å². The molecule has 3 rings (SSSR count). The van der Waals surface area contributed by atoms with Gasteiger partial charge < -0.3 is 5.32 Å². The van der Waals surface area contributed by atoms with E-state index in [9.17, 15) is 13.2 Å². The number of rotatable bonds is 4. The molecule has 0 saturated carbocycles. The Kier molecular flexibility index (Phi) is 4.69. The third-order valence-electron chi connectivity index (χ3n) is 4.14. The van der Waals surface area contributed by atoms with Crippen LogP contribution >= 0.6 is 0 Å². The second kappa shape index (κ2) is 6.75. The van der Waals surface area contributed by atoms with Crippen LogP contribution < -0.4 is 5.32 Å². The summed E-state index contributed by atoms with van der Waals surface area (Å²) in [5.41, 5.74) is 3.23. The summed E-state index contributed by atoms with van der Waals surface area (Å²) < 4.78 is 22.9. The van der Waals surface area contributed by atoms with E-state index >= 15 is 0 Å². The van der Waals surface area contributed by atoms with Crippen LogP contribution in [0.15, 0.2) is 53.4 Å². The van der Waals surface area contributed by atoms with Gasteiger partial charge in [-0.25, -0.2) is 8.42 Å². The Morgan fingerprint density at radius 1 is 1.08 bits per heavy atom. The lowest BCUT2D eigenvalue weighted by atomic mass is 10.00. The number of hydrogen-bond acceptors (Lipinski definition) is 4. The van der Waals surface area contributed by atoms with Crippen molar-refractivity contribution in [2.45, 2.75) is 17.9 Å². The van der Waals surface area contributed by atoms with Crippen LogP contribution in [-0.2, 0) is 27.6 Å². The average molecular weight is 344 g/mol. The first-order valence-electron chi connectivity index (χ1n) is 7.81. The fourth-order valence-corrected chi connectivity index (χ4v) is 3.51. The van der Waals surface area contributed by atoms with Crippen LogP contribution in [0.3, 0.4) is 0 Å². The Labute approximate surface area is 142 Å². The summed E-state index contributed by atoms with van der Waals surface area (Å²) >= 11 is 0. The molecule has 24 heavy (non-hydrogen) atoms. The van der Waals surface area contributed by atoms with Gasteiger partial charge in [0, 0.05) is 25.0 Å². The number of carbonyl (C=O) groups excluding carboxylic acids is 1. The van der Waals surface area contributed by atoms with E-state index in [0.29, 0.717) is 12.2 Å². The zero-order valence-electron chi connectivity index (χ0n) is 13.5. The van der Waals surface area contributed by atoms with Crippen molar-refractivity contribution in [3.8, 4) is 0 Å². The van der Waals surface area contributed by atoms with Gasteiger partial charge in [-0.05, 0) is 41.8 Å². The molecule has 0 radical (unpaired) electrons. The molecule has 1 aliphatic rings. The number of benzene rings is 2. The number of anilines is 1. The standard InChI is InChI=1S/C18H20N2O3S/c1-24(22,23)17-8-6-16(7-9-17)19-18(21)13-20-11-10-14-4-2-3-5-15(14)12-20/h2-9H,10-13H2,1H3,(H,19,21). The van der Waals surface area contributed by atoms with Gasteiger partial charge in [-0.2, -0.15) is 0 Å². The molecule has 0 unspecified atom stereocenters. The third kappa shape index (κ3) is 4.01. The minimum atomic E-state index is -3.22. The highest BCUT2D eigenvalue weighted by molar-refractivity contribution is 7.90. The number of fused-ring (bicyclic) bond motifs is 1. The van der Waals surface area contributed by atoms with E-state index < -0.39 is 9.84 Å². The Balaban J connectivity index is 1.58. The van der Waals surface area contributed by atoms with Crippen LogP contribution in [0.25, 0.3) is 0 Å². The largest absolute Gasteiger partial charge is 0.325 e.